The molecule has 1 aliphatic carbocycles. The standard InChI is InChI=1S/C38H25N3S/c1-3-13-26(14-4-1)40(27-15-5-2-6-16-27)28-23-24-33-36(25-28)42-37-39-34-21-11-12-22-35(34)41(37)38(33)31-19-9-7-17-29(31)30-18-8-10-20-32(30)38/h1-25H. The summed E-state index contributed by atoms with van der Waals surface area (Å²) in [4.78, 5) is 8.78. The fourth-order valence-corrected chi connectivity index (χ4v) is 8.17. The molecule has 9 rings (SSSR count). The van der Waals surface area contributed by atoms with Gasteiger partial charge in [0.1, 0.15) is 5.54 Å². The van der Waals surface area contributed by atoms with Crippen molar-refractivity contribution in [3.8, 4) is 11.1 Å². The minimum Gasteiger partial charge on any atom is -0.310 e. The van der Waals surface area contributed by atoms with Gasteiger partial charge in [0.25, 0.3) is 0 Å². The maximum Gasteiger partial charge on any atom is 0.175 e. The Morgan fingerprint density at radius 2 is 1.10 bits per heavy atom. The Labute approximate surface area is 248 Å². The van der Waals surface area contributed by atoms with Gasteiger partial charge in [-0.2, -0.15) is 0 Å². The lowest BCUT2D eigenvalue weighted by atomic mass is 9.79. The maximum atomic E-state index is 5.22. The molecule has 198 valence electrons. The van der Waals surface area contributed by atoms with E-state index in [1.807, 2.05) is 0 Å². The van der Waals surface area contributed by atoms with E-state index in [1.165, 1.54) is 32.7 Å². The zero-order valence-corrected chi connectivity index (χ0v) is 23.5. The highest BCUT2D eigenvalue weighted by molar-refractivity contribution is 7.99. The van der Waals surface area contributed by atoms with Crippen molar-refractivity contribution in [2.24, 2.45) is 0 Å². The van der Waals surface area contributed by atoms with Crippen LogP contribution in [0.1, 0.15) is 16.7 Å². The van der Waals surface area contributed by atoms with Crippen molar-refractivity contribution in [2.75, 3.05) is 4.90 Å². The molecule has 0 atom stereocenters. The third kappa shape index (κ3) is 3.16. The number of nitrogens with zero attached hydrogens (tertiary/aromatic N) is 3. The number of anilines is 3. The van der Waals surface area contributed by atoms with Crippen molar-refractivity contribution in [2.45, 2.75) is 15.6 Å². The Hall–Kier alpha value is -5.06. The first-order chi connectivity index (χ1) is 20.8. The van der Waals surface area contributed by atoms with E-state index in [0.29, 0.717) is 0 Å². The average molecular weight is 556 g/mol. The topological polar surface area (TPSA) is 21.1 Å². The van der Waals surface area contributed by atoms with Gasteiger partial charge in [0.15, 0.2) is 5.16 Å². The van der Waals surface area contributed by atoms with Gasteiger partial charge in [-0.3, -0.25) is 4.57 Å². The van der Waals surface area contributed by atoms with E-state index in [-0.39, 0.29) is 0 Å². The molecule has 6 aromatic carbocycles. The van der Waals surface area contributed by atoms with Gasteiger partial charge in [0.2, 0.25) is 0 Å². The highest BCUT2D eigenvalue weighted by atomic mass is 32.2. The SMILES string of the molecule is c1ccc(N(c2ccccc2)c2ccc3c(c2)Sc2nc4ccccc4n2C32c3ccccc3-c3ccccc32)cc1. The van der Waals surface area contributed by atoms with E-state index in [2.05, 4.69) is 161 Å². The predicted octanol–water partition coefficient (Wildman–Crippen LogP) is 9.79. The number of hydrogen-bond acceptors (Lipinski definition) is 3. The number of benzene rings is 6. The van der Waals surface area contributed by atoms with E-state index >= 15 is 0 Å². The van der Waals surface area contributed by atoms with E-state index in [4.69, 9.17) is 4.98 Å². The lowest BCUT2D eigenvalue weighted by molar-refractivity contribution is 0.484. The van der Waals surface area contributed by atoms with Gasteiger partial charge < -0.3 is 4.90 Å². The summed E-state index contributed by atoms with van der Waals surface area (Å²) >= 11 is 1.77. The zero-order chi connectivity index (χ0) is 27.7. The van der Waals surface area contributed by atoms with Crippen LogP contribution in [-0.2, 0) is 5.54 Å². The molecule has 7 aromatic rings. The molecule has 0 fully saturated rings. The molecule has 0 bridgehead atoms. The maximum absolute atomic E-state index is 5.22. The molecule has 1 aromatic heterocycles. The third-order valence-corrected chi connectivity index (χ3v) is 9.65. The van der Waals surface area contributed by atoms with Crippen molar-refractivity contribution >= 4 is 39.9 Å². The van der Waals surface area contributed by atoms with Crippen LogP contribution in [0.5, 0.6) is 0 Å². The molecule has 42 heavy (non-hydrogen) atoms. The molecule has 0 saturated carbocycles. The van der Waals surface area contributed by atoms with Crippen molar-refractivity contribution in [1.29, 1.82) is 0 Å². The number of fused-ring (bicyclic) bond motifs is 11. The molecule has 2 heterocycles. The quantitative estimate of drug-likeness (QED) is 0.216. The third-order valence-electron chi connectivity index (χ3n) is 8.63. The van der Waals surface area contributed by atoms with Crippen LogP contribution in [0.25, 0.3) is 22.2 Å². The van der Waals surface area contributed by atoms with Gasteiger partial charge in [-0.05, 0) is 70.8 Å². The van der Waals surface area contributed by atoms with Crippen molar-refractivity contribution in [1.82, 2.24) is 9.55 Å². The Bertz CT molecular complexity index is 2050. The molecule has 0 saturated heterocycles. The summed E-state index contributed by atoms with van der Waals surface area (Å²) in [7, 11) is 0. The number of imidazole rings is 1. The Balaban J connectivity index is 1.36. The normalized spacial score (nSPS) is 13.8. The molecular weight excluding hydrogens is 531 g/mol. The Kier molecular flexibility index (Phi) is 5.05. The molecule has 1 spiro atoms. The summed E-state index contributed by atoms with van der Waals surface area (Å²) in [6.45, 7) is 0. The van der Waals surface area contributed by atoms with Crippen molar-refractivity contribution < 1.29 is 0 Å². The molecule has 1 aliphatic heterocycles. The van der Waals surface area contributed by atoms with Gasteiger partial charge in [-0.1, -0.05) is 115 Å². The summed E-state index contributed by atoms with van der Waals surface area (Å²) < 4.78 is 2.49. The molecule has 0 amide bonds. The van der Waals surface area contributed by atoms with Crippen LogP contribution in [0.15, 0.2) is 162 Å². The number of para-hydroxylation sites is 4. The van der Waals surface area contributed by atoms with Gasteiger partial charge >= 0.3 is 0 Å². The average Bonchev–Trinajstić information content (AvgIpc) is 3.56. The van der Waals surface area contributed by atoms with E-state index in [0.717, 1.165) is 33.3 Å². The van der Waals surface area contributed by atoms with Crippen LogP contribution in [0, 0.1) is 0 Å². The van der Waals surface area contributed by atoms with Gasteiger partial charge in [0, 0.05) is 27.5 Å². The van der Waals surface area contributed by atoms with Crippen LogP contribution in [0.3, 0.4) is 0 Å². The van der Waals surface area contributed by atoms with Crippen LogP contribution >= 0.6 is 11.8 Å². The van der Waals surface area contributed by atoms with Gasteiger partial charge in [-0.15, -0.1) is 0 Å². The lowest BCUT2D eigenvalue weighted by Gasteiger charge is -2.40. The van der Waals surface area contributed by atoms with Gasteiger partial charge in [0.05, 0.1) is 11.0 Å². The summed E-state index contributed by atoms with van der Waals surface area (Å²) in [5, 5.41) is 1.01. The second-order valence-electron chi connectivity index (χ2n) is 10.8. The van der Waals surface area contributed by atoms with Crippen LogP contribution in [0.4, 0.5) is 17.1 Å². The first-order valence-electron chi connectivity index (χ1n) is 14.2. The minimum atomic E-state index is -0.526. The molecule has 2 aliphatic rings. The molecule has 0 unspecified atom stereocenters. The van der Waals surface area contributed by atoms with E-state index in [1.54, 1.807) is 11.8 Å². The summed E-state index contributed by atoms with van der Waals surface area (Å²) in [6.07, 6.45) is 0. The highest BCUT2D eigenvalue weighted by Gasteiger charge is 2.51. The number of hydrogen-bond donors (Lipinski definition) is 0. The molecule has 3 nitrogen and oxygen atoms in total. The van der Waals surface area contributed by atoms with Crippen LogP contribution < -0.4 is 4.90 Å². The fourth-order valence-electron chi connectivity index (χ4n) is 6.99. The van der Waals surface area contributed by atoms with E-state index in [9.17, 15) is 0 Å². The van der Waals surface area contributed by atoms with E-state index < -0.39 is 5.54 Å². The second kappa shape index (κ2) is 8.97. The predicted molar refractivity (Wildman–Crippen MR) is 172 cm³/mol. The lowest BCUT2D eigenvalue weighted by Crippen LogP contribution is -2.38. The largest absolute Gasteiger partial charge is 0.310 e. The zero-order valence-electron chi connectivity index (χ0n) is 22.7. The molecular formula is C38H25N3S. The minimum absolute atomic E-state index is 0.526. The first kappa shape index (κ1) is 23.6. The molecule has 4 heteroatoms. The Morgan fingerprint density at radius 3 is 1.76 bits per heavy atom. The highest BCUT2D eigenvalue weighted by Crippen LogP contribution is 2.60. The van der Waals surface area contributed by atoms with Crippen LogP contribution in [0.2, 0.25) is 0 Å². The van der Waals surface area contributed by atoms with Crippen molar-refractivity contribution in [3.05, 3.63) is 168 Å². The number of aromatic nitrogens is 2. The Morgan fingerprint density at radius 1 is 0.524 bits per heavy atom. The van der Waals surface area contributed by atoms with Crippen molar-refractivity contribution in [3.63, 3.8) is 0 Å². The summed E-state index contributed by atoms with van der Waals surface area (Å²) in [5.74, 6) is 0. The smallest absolute Gasteiger partial charge is 0.175 e. The fraction of sp³-hybridized carbons (Fsp3) is 0.0263. The first-order valence-corrected chi connectivity index (χ1v) is 15.1. The monoisotopic (exact) mass is 555 g/mol. The summed E-state index contributed by atoms with van der Waals surface area (Å²) in [6, 6.07) is 54.6. The molecule has 0 radical (unpaired) electrons. The number of rotatable bonds is 3. The second-order valence-corrected chi connectivity index (χ2v) is 11.8. The van der Waals surface area contributed by atoms with Gasteiger partial charge in [-0.25, -0.2) is 4.98 Å². The molecule has 0 N–H and O–H groups in total. The summed E-state index contributed by atoms with van der Waals surface area (Å²) in [5.41, 5.74) is 11.5. The van der Waals surface area contributed by atoms with Crippen LogP contribution in [-0.4, -0.2) is 9.55 Å².